The molecular formula is C52H82O23. The Hall–Kier alpha value is -1.89. The molecule has 0 radical (unpaired) electrons. The van der Waals surface area contributed by atoms with Crippen LogP contribution in [0.2, 0.25) is 0 Å². The lowest BCUT2D eigenvalue weighted by Gasteiger charge is -2.71. The van der Waals surface area contributed by atoms with Gasteiger partial charge in [0.1, 0.15) is 85.5 Å². The zero-order valence-corrected chi connectivity index (χ0v) is 43.4. The van der Waals surface area contributed by atoms with E-state index in [0.717, 1.165) is 24.0 Å². The molecule has 9 aliphatic rings. The summed E-state index contributed by atoms with van der Waals surface area (Å²) in [5, 5.41) is 152. The summed E-state index contributed by atoms with van der Waals surface area (Å²) < 4.78 is 46.0. The van der Waals surface area contributed by atoms with E-state index in [-0.39, 0.29) is 35.2 Å². The summed E-state index contributed by atoms with van der Waals surface area (Å²) in [6, 6.07) is 0. The fourth-order valence-corrected chi connectivity index (χ4v) is 15.6. The predicted octanol–water partition coefficient (Wildman–Crippen LogP) is -2.90. The molecule has 0 aromatic rings. The van der Waals surface area contributed by atoms with Crippen molar-refractivity contribution in [3.63, 3.8) is 0 Å². The molecule has 0 bridgehead atoms. The highest BCUT2D eigenvalue weighted by molar-refractivity contribution is 5.79. The van der Waals surface area contributed by atoms with E-state index in [0.29, 0.717) is 38.5 Å². The van der Waals surface area contributed by atoms with E-state index in [4.69, 9.17) is 37.9 Å². The van der Waals surface area contributed by atoms with Crippen LogP contribution in [0.5, 0.6) is 0 Å². The van der Waals surface area contributed by atoms with Crippen LogP contribution in [-0.4, -0.2) is 233 Å². The van der Waals surface area contributed by atoms with Gasteiger partial charge in [-0.15, -0.1) is 0 Å². The first-order chi connectivity index (χ1) is 35.2. The van der Waals surface area contributed by atoms with Crippen molar-refractivity contribution in [2.24, 2.45) is 44.8 Å². The molecule has 4 aliphatic heterocycles. The van der Waals surface area contributed by atoms with E-state index < -0.39 is 171 Å². The monoisotopic (exact) mass is 1070 g/mol. The van der Waals surface area contributed by atoms with Crippen molar-refractivity contribution in [3.8, 4) is 0 Å². The first-order valence-electron chi connectivity index (χ1n) is 26.7. The van der Waals surface area contributed by atoms with Crippen LogP contribution in [0.4, 0.5) is 0 Å². The Labute approximate surface area is 435 Å². The molecule has 75 heavy (non-hydrogen) atoms. The summed E-state index contributed by atoms with van der Waals surface area (Å²) in [6.07, 6.45) is -25.1. The van der Waals surface area contributed by atoms with Crippen molar-refractivity contribution in [1.29, 1.82) is 0 Å². The molecule has 0 spiro atoms. The average Bonchev–Trinajstić information content (AvgIpc) is 3.37. The number of carbonyl (C=O) groups excluding carboxylic acids is 1. The minimum atomic E-state index is -1.94. The molecule has 14 N–H and O–H groups in total. The number of rotatable bonds is 11. The Balaban J connectivity index is 0.866. The number of hydrogen-bond donors (Lipinski definition) is 14. The molecule has 23 nitrogen and oxygen atoms in total. The fourth-order valence-electron chi connectivity index (χ4n) is 15.6. The Morgan fingerprint density at radius 2 is 1.35 bits per heavy atom. The van der Waals surface area contributed by atoms with Gasteiger partial charge in [0.25, 0.3) is 0 Å². The number of carbonyl (C=O) groups is 1. The van der Waals surface area contributed by atoms with Gasteiger partial charge in [0.15, 0.2) is 18.9 Å². The standard InChI is InChI=1S/C52H82O23/c1-21-9-12-52(14-13-50(5)23(24(52)15-21)7-8-30-48(3)16-25(55)42(66)49(4,20-54)29(48)10-11-51(30,50)6)47(67)75-45-37(63)34(60)33(59)28(72-45)19-69-43-38(64)35(61)40(27(17-53)71-43)73-46-39(65)41(31(57)22(2)70-46)74-44-36(62)32(58)26(56)18-68-44/h7,9,22,24-46,53-66H,8,10-20H2,1-6H3/t22-,24-,25+,26+,27+,28+,29+,30+,31-,32-,33+,34-,35+,36+,37+,38+,39+,40+,41+,42-,43+,44-,45-,46-,48-,49-,50+,51+,52-/m0/s1. The number of allylic oxidation sites excluding steroid dienone is 4. The number of aliphatic hydroxyl groups excluding tert-OH is 14. The second-order valence-electron chi connectivity index (χ2n) is 24.4. The van der Waals surface area contributed by atoms with Gasteiger partial charge >= 0.3 is 5.97 Å². The van der Waals surface area contributed by atoms with Crippen molar-refractivity contribution in [2.75, 3.05) is 26.4 Å². The molecule has 29 atom stereocenters. The second kappa shape index (κ2) is 21.2. The normalized spacial score (nSPS) is 55.0. The SMILES string of the molecule is CC1=CC[C@]2(C(=O)O[C@@H]3O[C@H](CO[C@@H]4O[C@H](CO)[C@@H](O[C@@H]5O[C@@H](C)[C@H](O)[C@@H](O[C@@H]6OC[C@@H](O)[C@H](O)[C@H]6O)[C@H]5O)[C@H](O)[C@H]4O)[C@@H](O)[C@H](O)[C@H]3O)CC[C@]3(C)C(=CC[C@@H]4[C@@]5(C)C[C@@H](O)[C@H](O)[C@@](C)(CO)[C@@H]5CC[C@]43C)[C@@H]2C1. The van der Waals surface area contributed by atoms with Crippen molar-refractivity contribution in [1.82, 2.24) is 0 Å². The minimum Gasteiger partial charge on any atom is -0.432 e. The van der Waals surface area contributed by atoms with Crippen LogP contribution in [0.25, 0.3) is 0 Å². The van der Waals surface area contributed by atoms with Crippen LogP contribution in [0.15, 0.2) is 23.3 Å². The van der Waals surface area contributed by atoms with Crippen molar-refractivity contribution >= 4 is 5.97 Å². The molecule has 4 saturated heterocycles. The molecule has 7 fully saturated rings. The van der Waals surface area contributed by atoms with E-state index in [1.807, 2.05) is 19.9 Å². The average molecular weight is 1080 g/mol. The van der Waals surface area contributed by atoms with Crippen molar-refractivity contribution < 1.29 is 114 Å². The van der Waals surface area contributed by atoms with Crippen LogP contribution < -0.4 is 0 Å². The first kappa shape index (κ1) is 57.8. The molecule has 0 aromatic heterocycles. The summed E-state index contributed by atoms with van der Waals surface area (Å²) in [5.41, 5.74) is -0.771. The number of aliphatic hydroxyl groups is 14. The third kappa shape index (κ3) is 9.31. The second-order valence-corrected chi connectivity index (χ2v) is 24.4. The maximum atomic E-state index is 14.9. The minimum absolute atomic E-state index is 0.0317. The van der Waals surface area contributed by atoms with Crippen molar-refractivity contribution in [2.45, 2.75) is 222 Å². The van der Waals surface area contributed by atoms with E-state index >= 15 is 0 Å². The van der Waals surface area contributed by atoms with Gasteiger partial charge in [-0.1, -0.05) is 51.0 Å². The van der Waals surface area contributed by atoms with Gasteiger partial charge < -0.3 is 109 Å². The topological polar surface area (TPSA) is 374 Å². The number of hydrogen-bond acceptors (Lipinski definition) is 23. The first-order valence-corrected chi connectivity index (χ1v) is 26.7. The molecule has 428 valence electrons. The van der Waals surface area contributed by atoms with Gasteiger partial charge in [0.05, 0.1) is 50.2 Å². The van der Waals surface area contributed by atoms with E-state index in [1.165, 1.54) is 6.92 Å². The van der Waals surface area contributed by atoms with Gasteiger partial charge in [0, 0.05) is 11.3 Å². The van der Waals surface area contributed by atoms with Crippen molar-refractivity contribution in [3.05, 3.63) is 23.3 Å². The fraction of sp³-hybridized carbons (Fsp3) is 0.904. The Morgan fingerprint density at radius 1 is 0.680 bits per heavy atom. The third-order valence-corrected chi connectivity index (χ3v) is 20.4. The molecule has 3 saturated carbocycles. The highest BCUT2D eigenvalue weighted by Gasteiger charge is 2.70. The summed E-state index contributed by atoms with van der Waals surface area (Å²) >= 11 is 0. The molecule has 0 unspecified atom stereocenters. The third-order valence-electron chi connectivity index (χ3n) is 20.4. The number of ether oxygens (including phenoxy) is 8. The maximum absolute atomic E-state index is 14.9. The van der Waals surface area contributed by atoms with Crippen LogP contribution in [-0.2, 0) is 42.7 Å². The van der Waals surface area contributed by atoms with E-state index in [1.54, 1.807) is 0 Å². The molecule has 9 rings (SSSR count). The Morgan fingerprint density at radius 3 is 2.04 bits per heavy atom. The van der Waals surface area contributed by atoms with Crippen LogP contribution >= 0.6 is 0 Å². The molecule has 0 amide bonds. The number of esters is 1. The summed E-state index contributed by atoms with van der Waals surface area (Å²) in [7, 11) is 0. The quantitative estimate of drug-likeness (QED) is 0.0729. The van der Waals surface area contributed by atoms with Crippen LogP contribution in [0.3, 0.4) is 0 Å². The number of fused-ring (bicyclic) bond motifs is 7. The molecule has 5 aliphatic carbocycles. The lowest BCUT2D eigenvalue weighted by atomic mass is 9.33. The highest BCUT2D eigenvalue weighted by atomic mass is 16.8. The lowest BCUT2D eigenvalue weighted by Crippen LogP contribution is -2.68. The van der Waals surface area contributed by atoms with Gasteiger partial charge in [0.2, 0.25) is 6.29 Å². The van der Waals surface area contributed by atoms with Gasteiger partial charge in [-0.05, 0) is 93.3 Å². The van der Waals surface area contributed by atoms with E-state index in [9.17, 15) is 76.3 Å². The van der Waals surface area contributed by atoms with E-state index in [2.05, 4.69) is 26.8 Å². The molecule has 0 aromatic carbocycles. The summed E-state index contributed by atoms with van der Waals surface area (Å²) in [5.74, 6) is -0.887. The molecule has 4 heterocycles. The zero-order chi connectivity index (χ0) is 54.6. The maximum Gasteiger partial charge on any atom is 0.315 e. The molecule has 23 heteroatoms. The predicted molar refractivity (Wildman–Crippen MR) is 254 cm³/mol. The highest BCUT2D eigenvalue weighted by Crippen LogP contribution is 2.75. The smallest absolute Gasteiger partial charge is 0.315 e. The van der Waals surface area contributed by atoms with Crippen LogP contribution in [0.1, 0.15) is 92.9 Å². The zero-order valence-electron chi connectivity index (χ0n) is 43.4. The van der Waals surface area contributed by atoms with Gasteiger partial charge in [-0.25, -0.2) is 0 Å². The Bertz CT molecular complexity index is 2110. The largest absolute Gasteiger partial charge is 0.432 e. The summed E-state index contributed by atoms with van der Waals surface area (Å²) in [4.78, 5) is 14.9. The molecular weight excluding hydrogens is 993 g/mol. The Kier molecular flexibility index (Phi) is 16.3. The summed E-state index contributed by atoms with van der Waals surface area (Å²) in [6.45, 7) is 9.92. The van der Waals surface area contributed by atoms with Gasteiger partial charge in [-0.3, -0.25) is 4.79 Å². The lowest BCUT2D eigenvalue weighted by molar-refractivity contribution is -0.375. The van der Waals surface area contributed by atoms with Gasteiger partial charge in [-0.2, -0.15) is 0 Å². The van der Waals surface area contributed by atoms with Crippen LogP contribution in [0, 0.1) is 44.8 Å².